The van der Waals surface area contributed by atoms with Gasteiger partial charge < -0.3 is 4.98 Å². The molecule has 3 heteroatoms. The van der Waals surface area contributed by atoms with E-state index in [0.717, 1.165) is 10.7 Å². The Morgan fingerprint density at radius 3 is 2.94 bits per heavy atom. The number of halogens is 1. The summed E-state index contributed by atoms with van der Waals surface area (Å²) < 4.78 is 0. The van der Waals surface area contributed by atoms with Crippen LogP contribution in [0.15, 0.2) is 48.8 Å². The first kappa shape index (κ1) is 11.3. The van der Waals surface area contributed by atoms with E-state index in [1.165, 1.54) is 16.5 Å². The standard InChI is InChI=1S/C15H13ClN2/c1-10(11-4-2-5-12(16)8-11)14-9-18-15-13(14)6-3-7-17-15/h2-10H,1H3,(H,17,18). The summed E-state index contributed by atoms with van der Waals surface area (Å²) in [5, 5.41) is 1.95. The molecule has 0 aliphatic carbocycles. The predicted octanol–water partition coefficient (Wildman–Crippen LogP) is 4.37. The van der Waals surface area contributed by atoms with Crippen molar-refractivity contribution >= 4 is 22.6 Å². The van der Waals surface area contributed by atoms with Gasteiger partial charge in [-0.3, -0.25) is 0 Å². The van der Waals surface area contributed by atoms with Gasteiger partial charge in [0.1, 0.15) is 5.65 Å². The smallest absolute Gasteiger partial charge is 0.137 e. The molecule has 18 heavy (non-hydrogen) atoms. The van der Waals surface area contributed by atoms with Crippen LogP contribution in [-0.2, 0) is 0 Å². The average Bonchev–Trinajstić information content (AvgIpc) is 2.82. The third-order valence-corrected chi connectivity index (χ3v) is 3.53. The Kier molecular flexibility index (Phi) is 2.80. The number of nitrogens with one attached hydrogen (secondary N) is 1. The molecule has 0 amide bonds. The first-order chi connectivity index (χ1) is 8.75. The van der Waals surface area contributed by atoms with Crippen LogP contribution in [0.1, 0.15) is 24.0 Å². The number of pyridine rings is 1. The second kappa shape index (κ2) is 4.46. The van der Waals surface area contributed by atoms with Gasteiger partial charge >= 0.3 is 0 Å². The van der Waals surface area contributed by atoms with Gasteiger partial charge in [0.25, 0.3) is 0 Å². The molecule has 0 spiro atoms. The molecule has 0 aliphatic rings. The second-order valence-electron chi connectivity index (χ2n) is 4.42. The minimum absolute atomic E-state index is 0.293. The fourth-order valence-corrected chi connectivity index (χ4v) is 2.49. The van der Waals surface area contributed by atoms with Gasteiger partial charge in [-0.25, -0.2) is 4.98 Å². The molecule has 1 unspecified atom stereocenters. The number of aromatic amines is 1. The van der Waals surface area contributed by atoms with Crippen LogP contribution in [0.5, 0.6) is 0 Å². The van der Waals surface area contributed by atoms with Crippen LogP contribution < -0.4 is 0 Å². The fraction of sp³-hybridized carbons (Fsp3) is 0.133. The van der Waals surface area contributed by atoms with Gasteiger partial charge in [-0.2, -0.15) is 0 Å². The lowest BCUT2D eigenvalue weighted by atomic mass is 9.93. The lowest BCUT2D eigenvalue weighted by molar-refractivity contribution is 0.932. The highest BCUT2D eigenvalue weighted by molar-refractivity contribution is 6.30. The van der Waals surface area contributed by atoms with E-state index in [1.54, 1.807) is 6.20 Å². The van der Waals surface area contributed by atoms with E-state index in [0.29, 0.717) is 5.92 Å². The Hall–Kier alpha value is -1.80. The van der Waals surface area contributed by atoms with E-state index in [2.05, 4.69) is 29.0 Å². The molecular formula is C15H13ClN2. The first-order valence-electron chi connectivity index (χ1n) is 5.93. The van der Waals surface area contributed by atoms with E-state index >= 15 is 0 Å². The molecule has 1 aromatic carbocycles. The van der Waals surface area contributed by atoms with Gasteiger partial charge in [0.2, 0.25) is 0 Å². The van der Waals surface area contributed by atoms with E-state index < -0.39 is 0 Å². The zero-order valence-electron chi connectivity index (χ0n) is 10.0. The molecule has 0 aliphatic heterocycles. The maximum Gasteiger partial charge on any atom is 0.137 e. The van der Waals surface area contributed by atoms with Crippen LogP contribution in [0.25, 0.3) is 11.0 Å². The summed E-state index contributed by atoms with van der Waals surface area (Å²) in [4.78, 5) is 7.52. The molecule has 2 heterocycles. The maximum atomic E-state index is 6.05. The monoisotopic (exact) mass is 256 g/mol. The van der Waals surface area contributed by atoms with Gasteiger partial charge in [0, 0.05) is 28.7 Å². The van der Waals surface area contributed by atoms with Gasteiger partial charge in [0.05, 0.1) is 0 Å². The number of hydrogen-bond acceptors (Lipinski definition) is 1. The Labute approximate surface area is 111 Å². The summed E-state index contributed by atoms with van der Waals surface area (Å²) in [6.07, 6.45) is 3.83. The summed E-state index contributed by atoms with van der Waals surface area (Å²) in [5.74, 6) is 0.293. The minimum Gasteiger partial charge on any atom is -0.346 e. The minimum atomic E-state index is 0.293. The third kappa shape index (κ3) is 1.89. The normalized spacial score (nSPS) is 12.8. The first-order valence-corrected chi connectivity index (χ1v) is 6.31. The molecule has 1 N–H and O–H groups in total. The van der Waals surface area contributed by atoms with E-state index in [4.69, 9.17) is 11.6 Å². The molecular weight excluding hydrogens is 244 g/mol. The Morgan fingerprint density at radius 2 is 2.11 bits per heavy atom. The van der Waals surface area contributed by atoms with Crippen LogP contribution >= 0.6 is 11.6 Å². The molecule has 2 aromatic heterocycles. The highest BCUT2D eigenvalue weighted by Crippen LogP contribution is 2.30. The number of benzene rings is 1. The van der Waals surface area contributed by atoms with Crippen molar-refractivity contribution in [3.05, 3.63) is 64.9 Å². The molecule has 0 radical (unpaired) electrons. The van der Waals surface area contributed by atoms with E-state index in [-0.39, 0.29) is 0 Å². The number of H-pyrrole nitrogens is 1. The van der Waals surface area contributed by atoms with Crippen molar-refractivity contribution in [2.45, 2.75) is 12.8 Å². The van der Waals surface area contributed by atoms with Crippen molar-refractivity contribution in [2.24, 2.45) is 0 Å². The number of rotatable bonds is 2. The molecule has 0 fully saturated rings. The zero-order valence-corrected chi connectivity index (χ0v) is 10.8. The molecule has 1 atom stereocenters. The van der Waals surface area contributed by atoms with Crippen molar-refractivity contribution < 1.29 is 0 Å². The molecule has 0 saturated heterocycles. The highest BCUT2D eigenvalue weighted by Gasteiger charge is 2.13. The van der Waals surface area contributed by atoms with E-state index in [9.17, 15) is 0 Å². The number of fused-ring (bicyclic) bond motifs is 1. The summed E-state index contributed by atoms with van der Waals surface area (Å²) in [5.41, 5.74) is 3.40. The Bertz CT molecular complexity index is 688. The Morgan fingerprint density at radius 1 is 1.22 bits per heavy atom. The van der Waals surface area contributed by atoms with Crippen molar-refractivity contribution in [1.29, 1.82) is 0 Å². The van der Waals surface area contributed by atoms with Crippen molar-refractivity contribution in [1.82, 2.24) is 9.97 Å². The molecule has 3 rings (SSSR count). The lowest BCUT2D eigenvalue weighted by Gasteiger charge is -2.11. The van der Waals surface area contributed by atoms with Crippen LogP contribution in [0, 0.1) is 0 Å². The molecule has 3 aromatic rings. The summed E-state index contributed by atoms with van der Waals surface area (Å²) >= 11 is 6.05. The zero-order chi connectivity index (χ0) is 12.5. The van der Waals surface area contributed by atoms with Gasteiger partial charge in [-0.15, -0.1) is 0 Å². The Balaban J connectivity index is 2.09. The SMILES string of the molecule is CC(c1cccc(Cl)c1)c1c[nH]c2ncccc12. The third-order valence-electron chi connectivity index (χ3n) is 3.30. The lowest BCUT2D eigenvalue weighted by Crippen LogP contribution is -1.94. The van der Waals surface area contributed by atoms with Crippen molar-refractivity contribution in [3.63, 3.8) is 0 Å². The van der Waals surface area contributed by atoms with Crippen LogP contribution in [-0.4, -0.2) is 9.97 Å². The van der Waals surface area contributed by atoms with E-state index in [1.807, 2.05) is 30.5 Å². The molecule has 0 saturated carbocycles. The number of aromatic nitrogens is 2. The second-order valence-corrected chi connectivity index (χ2v) is 4.86. The molecule has 2 nitrogen and oxygen atoms in total. The van der Waals surface area contributed by atoms with Gasteiger partial charge in [-0.05, 0) is 35.4 Å². The summed E-state index contributed by atoms with van der Waals surface area (Å²) in [7, 11) is 0. The average molecular weight is 257 g/mol. The van der Waals surface area contributed by atoms with Crippen LogP contribution in [0.3, 0.4) is 0 Å². The predicted molar refractivity (Wildman–Crippen MR) is 75.1 cm³/mol. The topological polar surface area (TPSA) is 28.7 Å². The van der Waals surface area contributed by atoms with Crippen LogP contribution in [0.4, 0.5) is 0 Å². The number of hydrogen-bond donors (Lipinski definition) is 1. The van der Waals surface area contributed by atoms with Crippen LogP contribution in [0.2, 0.25) is 5.02 Å². The van der Waals surface area contributed by atoms with Gasteiger partial charge in [-0.1, -0.05) is 30.7 Å². The largest absolute Gasteiger partial charge is 0.346 e. The quantitative estimate of drug-likeness (QED) is 0.725. The van der Waals surface area contributed by atoms with Crippen molar-refractivity contribution in [3.8, 4) is 0 Å². The maximum absolute atomic E-state index is 6.05. The van der Waals surface area contributed by atoms with Gasteiger partial charge in [0.15, 0.2) is 0 Å². The molecule has 0 bridgehead atoms. The molecule has 90 valence electrons. The summed E-state index contributed by atoms with van der Waals surface area (Å²) in [6.45, 7) is 2.18. The highest BCUT2D eigenvalue weighted by atomic mass is 35.5. The summed E-state index contributed by atoms with van der Waals surface area (Å²) in [6, 6.07) is 12.1. The van der Waals surface area contributed by atoms with Crippen molar-refractivity contribution in [2.75, 3.05) is 0 Å². The number of nitrogens with zero attached hydrogens (tertiary/aromatic N) is 1. The fourth-order valence-electron chi connectivity index (χ4n) is 2.29.